The van der Waals surface area contributed by atoms with Crippen LogP contribution in [-0.4, -0.2) is 24.2 Å². The molecule has 0 bridgehead atoms. The average molecular weight is 237 g/mol. The number of carbonyl (C=O) groups is 1. The summed E-state index contributed by atoms with van der Waals surface area (Å²) in [6.07, 6.45) is 0.358. The second-order valence-electron chi connectivity index (χ2n) is 3.83. The number of rotatable bonds is 6. The van der Waals surface area contributed by atoms with Gasteiger partial charge in [-0.2, -0.15) is 0 Å². The molecular formula is C13H19NO3. The van der Waals surface area contributed by atoms with E-state index in [1.165, 1.54) is 0 Å². The average Bonchev–Trinajstić information content (AvgIpc) is 2.29. The van der Waals surface area contributed by atoms with Gasteiger partial charge in [0, 0.05) is 12.6 Å². The fraction of sp³-hybridized carbons (Fsp3) is 0.462. The molecule has 4 heteroatoms. The molecule has 0 amide bonds. The molecule has 1 aromatic carbocycles. The normalized spacial score (nSPS) is 12.1. The lowest BCUT2D eigenvalue weighted by Crippen LogP contribution is -2.22. The Balaban J connectivity index is 2.35. The van der Waals surface area contributed by atoms with Crippen LogP contribution in [-0.2, 0) is 9.53 Å². The number of benzene rings is 1. The molecule has 17 heavy (non-hydrogen) atoms. The molecular weight excluding hydrogens is 218 g/mol. The lowest BCUT2D eigenvalue weighted by molar-refractivity contribution is -0.143. The number of aromatic hydroxyl groups is 1. The SMILES string of the molecule is CCOC(=O)CCNC(C)c1cccc(O)c1. The Kier molecular flexibility index (Phi) is 5.49. The lowest BCUT2D eigenvalue weighted by Gasteiger charge is -2.14. The quantitative estimate of drug-likeness (QED) is 0.743. The number of phenolic OH excluding ortho intramolecular Hbond substituents is 1. The third-order valence-electron chi connectivity index (χ3n) is 2.46. The molecule has 0 spiro atoms. The molecule has 0 saturated carbocycles. The fourth-order valence-corrected chi connectivity index (χ4v) is 1.54. The number of ether oxygens (including phenoxy) is 1. The minimum atomic E-state index is -0.192. The van der Waals surface area contributed by atoms with Crippen LogP contribution in [0.5, 0.6) is 5.75 Å². The van der Waals surface area contributed by atoms with Crippen LogP contribution in [0.3, 0.4) is 0 Å². The van der Waals surface area contributed by atoms with Crippen LogP contribution in [0.1, 0.15) is 31.9 Å². The minimum absolute atomic E-state index is 0.0940. The molecule has 1 aromatic rings. The summed E-state index contributed by atoms with van der Waals surface area (Å²) in [7, 11) is 0. The van der Waals surface area contributed by atoms with Crippen molar-refractivity contribution in [1.29, 1.82) is 0 Å². The van der Waals surface area contributed by atoms with Gasteiger partial charge in [0.2, 0.25) is 0 Å². The summed E-state index contributed by atoms with van der Waals surface area (Å²) in [5.74, 6) is 0.0599. The first kappa shape index (κ1) is 13.5. The summed E-state index contributed by atoms with van der Waals surface area (Å²) in [4.78, 5) is 11.1. The smallest absolute Gasteiger partial charge is 0.307 e. The summed E-state index contributed by atoms with van der Waals surface area (Å²) in [6, 6.07) is 7.17. The van der Waals surface area contributed by atoms with Crippen molar-refractivity contribution in [3.63, 3.8) is 0 Å². The molecule has 0 radical (unpaired) electrons. The van der Waals surface area contributed by atoms with E-state index in [-0.39, 0.29) is 17.8 Å². The van der Waals surface area contributed by atoms with Gasteiger partial charge >= 0.3 is 5.97 Å². The molecule has 1 rings (SSSR count). The van der Waals surface area contributed by atoms with E-state index in [4.69, 9.17) is 4.74 Å². The fourth-order valence-electron chi connectivity index (χ4n) is 1.54. The Morgan fingerprint density at radius 2 is 2.29 bits per heavy atom. The van der Waals surface area contributed by atoms with Crippen LogP contribution in [0, 0.1) is 0 Å². The number of hydrogen-bond donors (Lipinski definition) is 2. The van der Waals surface area contributed by atoms with Gasteiger partial charge in [-0.3, -0.25) is 4.79 Å². The molecule has 2 N–H and O–H groups in total. The van der Waals surface area contributed by atoms with E-state index in [1.54, 1.807) is 25.1 Å². The molecule has 0 fully saturated rings. The van der Waals surface area contributed by atoms with Crippen molar-refractivity contribution in [2.24, 2.45) is 0 Å². The van der Waals surface area contributed by atoms with Gasteiger partial charge in [-0.15, -0.1) is 0 Å². The lowest BCUT2D eigenvalue weighted by atomic mass is 10.1. The van der Waals surface area contributed by atoms with E-state index < -0.39 is 0 Å². The maximum absolute atomic E-state index is 11.1. The highest BCUT2D eigenvalue weighted by molar-refractivity contribution is 5.69. The van der Waals surface area contributed by atoms with E-state index in [9.17, 15) is 9.90 Å². The van der Waals surface area contributed by atoms with E-state index in [1.807, 2.05) is 13.0 Å². The second kappa shape index (κ2) is 6.91. The summed E-state index contributed by atoms with van der Waals surface area (Å²) < 4.78 is 4.83. The van der Waals surface area contributed by atoms with Crippen molar-refractivity contribution in [1.82, 2.24) is 5.32 Å². The largest absolute Gasteiger partial charge is 0.508 e. The number of carbonyl (C=O) groups excluding carboxylic acids is 1. The van der Waals surface area contributed by atoms with Crippen LogP contribution in [0.15, 0.2) is 24.3 Å². The van der Waals surface area contributed by atoms with Crippen LogP contribution in [0.25, 0.3) is 0 Å². The zero-order chi connectivity index (χ0) is 12.7. The van der Waals surface area contributed by atoms with Gasteiger partial charge in [-0.1, -0.05) is 12.1 Å². The van der Waals surface area contributed by atoms with E-state index in [2.05, 4.69) is 5.32 Å². The maximum atomic E-state index is 11.1. The van der Waals surface area contributed by atoms with Gasteiger partial charge in [0.05, 0.1) is 13.0 Å². The van der Waals surface area contributed by atoms with Crippen molar-refractivity contribution < 1.29 is 14.6 Å². The van der Waals surface area contributed by atoms with Crippen molar-refractivity contribution in [2.75, 3.05) is 13.2 Å². The summed E-state index contributed by atoms with van der Waals surface area (Å²) in [5.41, 5.74) is 0.994. The topological polar surface area (TPSA) is 58.6 Å². The molecule has 0 heterocycles. The number of phenols is 1. The molecule has 0 aliphatic rings. The molecule has 1 unspecified atom stereocenters. The van der Waals surface area contributed by atoms with Gasteiger partial charge in [0.15, 0.2) is 0 Å². The molecule has 0 saturated heterocycles. The first-order chi connectivity index (χ1) is 8.13. The van der Waals surface area contributed by atoms with Crippen molar-refractivity contribution in [3.05, 3.63) is 29.8 Å². The molecule has 4 nitrogen and oxygen atoms in total. The van der Waals surface area contributed by atoms with Crippen molar-refractivity contribution >= 4 is 5.97 Å². The molecule has 0 aromatic heterocycles. The van der Waals surface area contributed by atoms with Gasteiger partial charge in [0.1, 0.15) is 5.75 Å². The minimum Gasteiger partial charge on any atom is -0.508 e. The highest BCUT2D eigenvalue weighted by Gasteiger charge is 2.07. The molecule has 94 valence electrons. The first-order valence-electron chi connectivity index (χ1n) is 5.81. The summed E-state index contributed by atoms with van der Waals surface area (Å²) in [6.45, 7) is 4.76. The van der Waals surface area contributed by atoms with Gasteiger partial charge < -0.3 is 15.2 Å². The van der Waals surface area contributed by atoms with Crippen molar-refractivity contribution in [3.8, 4) is 5.75 Å². The third kappa shape index (κ3) is 4.87. The Morgan fingerprint density at radius 1 is 1.53 bits per heavy atom. The first-order valence-corrected chi connectivity index (χ1v) is 5.81. The molecule has 0 aliphatic heterocycles. The van der Waals surface area contributed by atoms with Crippen molar-refractivity contribution in [2.45, 2.75) is 26.3 Å². The van der Waals surface area contributed by atoms with E-state index >= 15 is 0 Å². The molecule has 0 aliphatic carbocycles. The number of hydrogen-bond acceptors (Lipinski definition) is 4. The monoisotopic (exact) mass is 237 g/mol. The highest BCUT2D eigenvalue weighted by atomic mass is 16.5. The third-order valence-corrected chi connectivity index (χ3v) is 2.46. The summed E-state index contributed by atoms with van der Waals surface area (Å²) >= 11 is 0. The zero-order valence-corrected chi connectivity index (χ0v) is 10.3. The highest BCUT2D eigenvalue weighted by Crippen LogP contribution is 2.17. The van der Waals surface area contributed by atoms with E-state index in [0.717, 1.165) is 5.56 Å². The second-order valence-corrected chi connectivity index (χ2v) is 3.83. The maximum Gasteiger partial charge on any atom is 0.307 e. The predicted molar refractivity (Wildman–Crippen MR) is 65.8 cm³/mol. The van der Waals surface area contributed by atoms with Gasteiger partial charge in [-0.05, 0) is 31.5 Å². The number of nitrogens with one attached hydrogen (secondary N) is 1. The Hall–Kier alpha value is -1.55. The standard InChI is InChI=1S/C13H19NO3/c1-3-17-13(16)7-8-14-10(2)11-5-4-6-12(15)9-11/h4-6,9-10,14-15H,3,7-8H2,1-2H3. The van der Waals surface area contributed by atoms with Crippen LogP contribution in [0.2, 0.25) is 0 Å². The molecule has 1 atom stereocenters. The Bertz CT molecular complexity index is 365. The number of esters is 1. The Morgan fingerprint density at radius 3 is 2.94 bits per heavy atom. The predicted octanol–water partition coefficient (Wildman–Crippen LogP) is 2.00. The van der Waals surface area contributed by atoms with Crippen LogP contribution < -0.4 is 5.32 Å². The summed E-state index contributed by atoms with van der Waals surface area (Å²) in [5, 5.41) is 12.5. The van der Waals surface area contributed by atoms with Gasteiger partial charge in [0.25, 0.3) is 0 Å². The van der Waals surface area contributed by atoms with Gasteiger partial charge in [-0.25, -0.2) is 0 Å². The van der Waals surface area contributed by atoms with Crippen LogP contribution in [0.4, 0.5) is 0 Å². The van der Waals surface area contributed by atoms with E-state index in [0.29, 0.717) is 19.6 Å². The van der Waals surface area contributed by atoms with Crippen LogP contribution >= 0.6 is 0 Å². The zero-order valence-electron chi connectivity index (χ0n) is 10.3. The Labute approximate surface area is 102 Å².